The molecule has 0 aliphatic carbocycles. The summed E-state index contributed by atoms with van der Waals surface area (Å²) < 4.78 is 7.82. The number of carbonyl (C=O) groups is 2. The molecule has 2 aromatic heterocycles. The number of anilines is 1. The largest absolute Gasteiger partial charge is 0.444 e. The van der Waals surface area contributed by atoms with Gasteiger partial charge in [0.15, 0.2) is 0 Å². The lowest BCUT2D eigenvalue weighted by atomic mass is 10.2. The Morgan fingerprint density at radius 1 is 1.00 bits per heavy atom. The molecular formula is C21H32N6O5. The van der Waals surface area contributed by atoms with Crippen molar-refractivity contribution in [2.24, 2.45) is 14.1 Å². The number of carbonyl (C=O) groups excluding carboxylic acids is 2. The Morgan fingerprint density at radius 3 is 2.25 bits per heavy atom. The third kappa shape index (κ3) is 4.23. The number of aromatic amines is 1. The molecule has 176 valence electrons. The summed E-state index contributed by atoms with van der Waals surface area (Å²) >= 11 is 0. The van der Waals surface area contributed by atoms with Gasteiger partial charge in [0.1, 0.15) is 22.5 Å². The van der Waals surface area contributed by atoms with Crippen LogP contribution in [0.4, 0.5) is 10.6 Å². The molecule has 1 saturated heterocycles. The molecule has 32 heavy (non-hydrogen) atoms. The number of ether oxygens (including phenoxy) is 1. The van der Waals surface area contributed by atoms with Gasteiger partial charge >= 0.3 is 11.8 Å². The molecule has 2 amide bonds. The van der Waals surface area contributed by atoms with Crippen LogP contribution in [-0.4, -0.2) is 81.8 Å². The molecule has 0 saturated carbocycles. The van der Waals surface area contributed by atoms with E-state index in [9.17, 15) is 19.2 Å². The maximum absolute atomic E-state index is 13.1. The molecule has 11 heteroatoms. The van der Waals surface area contributed by atoms with E-state index in [0.29, 0.717) is 38.4 Å². The van der Waals surface area contributed by atoms with Gasteiger partial charge in [-0.15, -0.1) is 0 Å². The molecule has 0 radical (unpaired) electrons. The van der Waals surface area contributed by atoms with E-state index < -0.39 is 16.9 Å². The summed E-state index contributed by atoms with van der Waals surface area (Å²) in [6.07, 6.45) is 0.276. The smallest absolute Gasteiger partial charge is 0.410 e. The highest BCUT2D eigenvalue weighted by molar-refractivity contribution is 6.10. The minimum atomic E-state index is -0.587. The van der Waals surface area contributed by atoms with Crippen LogP contribution in [0, 0.1) is 0 Å². The Hall–Kier alpha value is -3.24. The highest BCUT2D eigenvalue weighted by Gasteiger charge is 2.30. The zero-order valence-electron chi connectivity index (χ0n) is 19.8. The number of aryl methyl sites for hydroxylation is 1. The Kier molecular flexibility index (Phi) is 6.12. The molecular weight excluding hydrogens is 416 g/mol. The van der Waals surface area contributed by atoms with Gasteiger partial charge in [0, 0.05) is 54.4 Å². The van der Waals surface area contributed by atoms with Gasteiger partial charge in [0.05, 0.1) is 5.52 Å². The van der Waals surface area contributed by atoms with Crippen molar-refractivity contribution in [3.63, 3.8) is 0 Å². The second-order valence-electron chi connectivity index (χ2n) is 9.29. The molecule has 3 heterocycles. The van der Waals surface area contributed by atoms with Crippen molar-refractivity contribution in [3.8, 4) is 0 Å². The van der Waals surface area contributed by atoms with Crippen LogP contribution in [0.5, 0.6) is 0 Å². The van der Waals surface area contributed by atoms with Crippen LogP contribution in [0.3, 0.4) is 0 Å². The van der Waals surface area contributed by atoms with Crippen LogP contribution in [0.15, 0.2) is 9.59 Å². The van der Waals surface area contributed by atoms with E-state index in [1.165, 1.54) is 16.5 Å². The van der Waals surface area contributed by atoms with Gasteiger partial charge in [-0.1, -0.05) is 0 Å². The van der Waals surface area contributed by atoms with Crippen molar-refractivity contribution < 1.29 is 14.3 Å². The van der Waals surface area contributed by atoms with Crippen molar-refractivity contribution in [2.45, 2.75) is 32.8 Å². The van der Waals surface area contributed by atoms with Crippen molar-refractivity contribution >= 4 is 28.9 Å². The number of nitrogens with one attached hydrogen (secondary N) is 1. The molecule has 1 aliphatic rings. The zero-order chi connectivity index (χ0) is 24.0. The lowest BCUT2D eigenvalue weighted by molar-refractivity contribution is 0.0263. The fourth-order valence-electron chi connectivity index (χ4n) is 3.86. The third-order valence-corrected chi connectivity index (χ3v) is 5.47. The van der Waals surface area contributed by atoms with Crippen molar-refractivity contribution in [1.82, 2.24) is 23.9 Å². The molecule has 3 rings (SSSR count). The zero-order valence-corrected chi connectivity index (χ0v) is 19.8. The number of rotatable bonds is 2. The van der Waals surface area contributed by atoms with Crippen molar-refractivity contribution in [3.05, 3.63) is 26.4 Å². The lowest BCUT2D eigenvalue weighted by Crippen LogP contribution is -2.39. The van der Waals surface area contributed by atoms with Crippen LogP contribution < -0.4 is 16.1 Å². The first-order chi connectivity index (χ1) is 14.8. The number of amides is 2. The fourth-order valence-corrected chi connectivity index (χ4v) is 3.86. The van der Waals surface area contributed by atoms with Crippen LogP contribution >= 0.6 is 0 Å². The summed E-state index contributed by atoms with van der Waals surface area (Å²) in [5, 5.41) is 0. The normalized spacial score (nSPS) is 15.1. The molecule has 0 atom stereocenters. The van der Waals surface area contributed by atoms with E-state index >= 15 is 0 Å². The number of hydrogen-bond donors (Lipinski definition) is 1. The highest BCUT2D eigenvalue weighted by atomic mass is 16.6. The summed E-state index contributed by atoms with van der Waals surface area (Å²) in [5.74, 6) is 0.158. The first-order valence-corrected chi connectivity index (χ1v) is 10.6. The van der Waals surface area contributed by atoms with Gasteiger partial charge in [-0.05, 0) is 27.2 Å². The van der Waals surface area contributed by atoms with E-state index in [2.05, 4.69) is 4.98 Å². The van der Waals surface area contributed by atoms with E-state index in [4.69, 9.17) is 4.74 Å². The third-order valence-electron chi connectivity index (χ3n) is 5.47. The molecule has 1 N–H and O–H groups in total. The van der Waals surface area contributed by atoms with E-state index in [0.717, 1.165) is 4.57 Å². The van der Waals surface area contributed by atoms with E-state index in [1.54, 1.807) is 26.0 Å². The monoisotopic (exact) mass is 448 g/mol. The average molecular weight is 449 g/mol. The predicted molar refractivity (Wildman–Crippen MR) is 121 cm³/mol. The van der Waals surface area contributed by atoms with Gasteiger partial charge in [-0.3, -0.25) is 18.7 Å². The topological polar surface area (TPSA) is 113 Å². The lowest BCUT2D eigenvalue weighted by Gasteiger charge is -2.27. The van der Waals surface area contributed by atoms with Gasteiger partial charge in [-0.2, -0.15) is 0 Å². The maximum atomic E-state index is 13.1. The van der Waals surface area contributed by atoms with E-state index in [1.807, 2.05) is 25.7 Å². The van der Waals surface area contributed by atoms with Crippen LogP contribution in [-0.2, 0) is 18.8 Å². The second-order valence-corrected chi connectivity index (χ2v) is 9.29. The summed E-state index contributed by atoms with van der Waals surface area (Å²) in [6, 6.07) is 0. The maximum Gasteiger partial charge on any atom is 0.410 e. The minimum absolute atomic E-state index is 0.197. The number of aromatic nitrogens is 3. The summed E-state index contributed by atoms with van der Waals surface area (Å²) in [6.45, 7) is 7.39. The highest BCUT2D eigenvalue weighted by Crippen LogP contribution is 2.28. The summed E-state index contributed by atoms with van der Waals surface area (Å²) in [5.41, 5.74) is -0.840. The molecule has 2 aromatic rings. The molecule has 0 spiro atoms. The van der Waals surface area contributed by atoms with Crippen LogP contribution in [0.25, 0.3) is 11.0 Å². The van der Waals surface area contributed by atoms with Gasteiger partial charge < -0.3 is 24.4 Å². The van der Waals surface area contributed by atoms with Gasteiger partial charge in [0.25, 0.3) is 11.5 Å². The number of H-pyrrole nitrogens is 1. The first-order valence-electron chi connectivity index (χ1n) is 10.6. The molecule has 0 unspecified atom stereocenters. The van der Waals surface area contributed by atoms with Crippen LogP contribution in [0.1, 0.15) is 37.6 Å². The van der Waals surface area contributed by atoms with Gasteiger partial charge in [-0.25, -0.2) is 9.59 Å². The SMILES string of the molecule is CN(C)C(=O)c1c(N2CCCN(C(=O)OC(C)(C)C)CC2)[nH]c2c(=O)n(C)c(=O)n(C)c12. The van der Waals surface area contributed by atoms with Gasteiger partial charge in [0.2, 0.25) is 0 Å². The standard InChI is InChI=1S/C21H32N6O5/c1-21(2,3)32-20(31)27-10-8-9-26(11-12-27)16-13(17(28)23(4)5)15-14(22-16)18(29)25(7)19(30)24(15)6/h22H,8-12H2,1-7H3. The molecule has 0 bridgehead atoms. The molecule has 1 fully saturated rings. The predicted octanol–water partition coefficient (Wildman–Crippen LogP) is 0.714. The Morgan fingerprint density at radius 2 is 1.66 bits per heavy atom. The Labute approximate surface area is 186 Å². The number of fused-ring (bicyclic) bond motifs is 1. The van der Waals surface area contributed by atoms with E-state index in [-0.39, 0.29) is 28.6 Å². The summed E-state index contributed by atoms with van der Waals surface area (Å²) in [7, 11) is 6.19. The summed E-state index contributed by atoms with van der Waals surface area (Å²) in [4.78, 5) is 59.1. The minimum Gasteiger partial charge on any atom is -0.444 e. The molecule has 0 aromatic carbocycles. The molecule has 11 nitrogen and oxygen atoms in total. The fraction of sp³-hybridized carbons (Fsp3) is 0.619. The second kappa shape index (κ2) is 8.36. The quantitative estimate of drug-likeness (QED) is 0.724. The molecule has 1 aliphatic heterocycles. The van der Waals surface area contributed by atoms with Crippen molar-refractivity contribution in [1.29, 1.82) is 0 Å². The van der Waals surface area contributed by atoms with Crippen molar-refractivity contribution in [2.75, 3.05) is 45.2 Å². The number of hydrogen-bond acceptors (Lipinski definition) is 6. The Balaban J connectivity index is 2.06. The Bertz CT molecular complexity index is 1170. The van der Waals surface area contributed by atoms with Crippen LogP contribution in [0.2, 0.25) is 0 Å². The average Bonchev–Trinajstić information content (AvgIpc) is 2.92. The number of nitrogens with zero attached hydrogens (tertiary/aromatic N) is 5. The first kappa shape index (κ1) is 23.4.